The van der Waals surface area contributed by atoms with E-state index >= 15 is 0 Å². The van der Waals surface area contributed by atoms with Gasteiger partial charge in [-0.1, -0.05) is 19.1 Å². The van der Waals surface area contributed by atoms with Gasteiger partial charge in [-0.15, -0.1) is 10.2 Å². The van der Waals surface area contributed by atoms with Crippen LogP contribution in [0, 0.1) is 0 Å². The van der Waals surface area contributed by atoms with Crippen molar-refractivity contribution in [3.05, 3.63) is 42.0 Å². The van der Waals surface area contributed by atoms with Gasteiger partial charge in [0.15, 0.2) is 11.8 Å². The van der Waals surface area contributed by atoms with E-state index in [1.807, 2.05) is 16.7 Å². The van der Waals surface area contributed by atoms with Gasteiger partial charge in [-0.25, -0.2) is 4.99 Å². The topological polar surface area (TPSA) is 76.4 Å². The van der Waals surface area contributed by atoms with Crippen molar-refractivity contribution in [3.8, 4) is 5.75 Å². The van der Waals surface area contributed by atoms with Crippen LogP contribution in [-0.2, 0) is 13.1 Å². The fourth-order valence-corrected chi connectivity index (χ4v) is 2.66. The third-order valence-electron chi connectivity index (χ3n) is 4.31. The Labute approximate surface area is 155 Å². The number of ether oxygens (including phenoxy) is 1. The van der Waals surface area contributed by atoms with Crippen molar-refractivity contribution in [2.45, 2.75) is 46.2 Å². The molecule has 0 bridgehead atoms. The Kier molecular flexibility index (Phi) is 7.92. The zero-order valence-electron chi connectivity index (χ0n) is 16.2. The van der Waals surface area contributed by atoms with Crippen LogP contribution in [0.4, 0.5) is 0 Å². The van der Waals surface area contributed by atoms with Gasteiger partial charge >= 0.3 is 0 Å². The Morgan fingerprint density at radius 1 is 1.23 bits per heavy atom. The van der Waals surface area contributed by atoms with Crippen molar-refractivity contribution in [3.63, 3.8) is 0 Å². The summed E-state index contributed by atoms with van der Waals surface area (Å²) in [6.45, 7) is 9.39. The van der Waals surface area contributed by atoms with Gasteiger partial charge in [-0.3, -0.25) is 0 Å². The Bertz CT molecular complexity index is 680. The SMILES string of the molecule is CCNC(=NCc1nncn1CC)NCCC(C)c1ccc(OC)cc1. The van der Waals surface area contributed by atoms with Gasteiger partial charge in [0.05, 0.1) is 7.11 Å². The second-order valence-corrected chi connectivity index (χ2v) is 6.12. The number of guanidine groups is 1. The second kappa shape index (κ2) is 10.4. The molecule has 1 unspecified atom stereocenters. The predicted molar refractivity (Wildman–Crippen MR) is 105 cm³/mol. The average Bonchev–Trinajstić information content (AvgIpc) is 3.13. The summed E-state index contributed by atoms with van der Waals surface area (Å²) < 4.78 is 7.21. The summed E-state index contributed by atoms with van der Waals surface area (Å²) in [6.07, 6.45) is 2.75. The average molecular weight is 358 g/mol. The van der Waals surface area contributed by atoms with Crippen molar-refractivity contribution in [1.82, 2.24) is 25.4 Å². The molecule has 0 amide bonds. The maximum atomic E-state index is 5.21. The Balaban J connectivity index is 1.86. The zero-order valence-corrected chi connectivity index (χ0v) is 16.2. The van der Waals surface area contributed by atoms with Crippen LogP contribution in [-0.4, -0.2) is 40.9 Å². The summed E-state index contributed by atoms with van der Waals surface area (Å²) in [4.78, 5) is 4.61. The van der Waals surface area contributed by atoms with Gasteiger partial charge in [0.1, 0.15) is 18.6 Å². The van der Waals surface area contributed by atoms with E-state index in [4.69, 9.17) is 4.74 Å². The number of methoxy groups -OCH3 is 1. The van der Waals surface area contributed by atoms with Crippen LogP contribution in [0.3, 0.4) is 0 Å². The Morgan fingerprint density at radius 3 is 2.65 bits per heavy atom. The maximum absolute atomic E-state index is 5.21. The normalized spacial score (nSPS) is 12.7. The Morgan fingerprint density at radius 2 is 2.00 bits per heavy atom. The van der Waals surface area contributed by atoms with Gasteiger partial charge in [0, 0.05) is 19.6 Å². The summed E-state index contributed by atoms with van der Waals surface area (Å²) in [5.41, 5.74) is 1.31. The van der Waals surface area contributed by atoms with Crippen molar-refractivity contribution in [1.29, 1.82) is 0 Å². The fraction of sp³-hybridized carbons (Fsp3) is 0.526. The molecule has 2 N–H and O–H groups in total. The van der Waals surface area contributed by atoms with E-state index in [9.17, 15) is 0 Å². The quantitative estimate of drug-likeness (QED) is 0.532. The lowest BCUT2D eigenvalue weighted by Crippen LogP contribution is -2.38. The fourth-order valence-electron chi connectivity index (χ4n) is 2.66. The molecule has 0 radical (unpaired) electrons. The highest BCUT2D eigenvalue weighted by Crippen LogP contribution is 2.21. The van der Waals surface area contributed by atoms with E-state index in [1.165, 1.54) is 5.56 Å². The summed E-state index contributed by atoms with van der Waals surface area (Å²) >= 11 is 0. The molecule has 0 saturated heterocycles. The first-order valence-electron chi connectivity index (χ1n) is 9.20. The Hall–Kier alpha value is -2.57. The van der Waals surface area contributed by atoms with Crippen molar-refractivity contribution >= 4 is 5.96 Å². The summed E-state index contributed by atoms with van der Waals surface area (Å²) in [5.74, 6) is 3.02. The van der Waals surface area contributed by atoms with Crippen LogP contribution >= 0.6 is 0 Å². The van der Waals surface area contributed by atoms with Crippen LogP contribution in [0.1, 0.15) is 44.5 Å². The minimum atomic E-state index is 0.458. The van der Waals surface area contributed by atoms with Crippen molar-refractivity contribution in [2.24, 2.45) is 4.99 Å². The molecule has 26 heavy (non-hydrogen) atoms. The number of rotatable bonds is 9. The third-order valence-corrected chi connectivity index (χ3v) is 4.31. The first-order chi connectivity index (χ1) is 12.7. The molecule has 2 rings (SSSR count). The smallest absolute Gasteiger partial charge is 0.191 e. The van der Waals surface area contributed by atoms with Crippen molar-refractivity contribution < 1.29 is 4.74 Å². The first kappa shape index (κ1) is 19.8. The third kappa shape index (κ3) is 5.75. The number of aromatic nitrogens is 3. The van der Waals surface area contributed by atoms with E-state index in [1.54, 1.807) is 13.4 Å². The molecule has 142 valence electrons. The predicted octanol–water partition coefficient (Wildman–Crippen LogP) is 2.56. The molecule has 1 aromatic heterocycles. The number of aliphatic imine (C=N–C) groups is 1. The monoisotopic (exact) mass is 358 g/mol. The van der Waals surface area contributed by atoms with Crippen LogP contribution in [0.2, 0.25) is 0 Å². The molecule has 0 aliphatic carbocycles. The van der Waals surface area contributed by atoms with Gasteiger partial charge in [0.2, 0.25) is 0 Å². The molecule has 1 heterocycles. The number of nitrogens with one attached hydrogen (secondary N) is 2. The van der Waals surface area contributed by atoms with Crippen LogP contribution in [0.15, 0.2) is 35.6 Å². The highest BCUT2D eigenvalue weighted by Gasteiger charge is 2.07. The minimum Gasteiger partial charge on any atom is -0.497 e. The number of hydrogen-bond acceptors (Lipinski definition) is 4. The van der Waals surface area contributed by atoms with E-state index in [-0.39, 0.29) is 0 Å². The molecule has 0 aliphatic rings. The van der Waals surface area contributed by atoms with Crippen LogP contribution in [0.25, 0.3) is 0 Å². The van der Waals surface area contributed by atoms with Crippen LogP contribution < -0.4 is 15.4 Å². The van der Waals surface area contributed by atoms with Gasteiger partial charge in [-0.05, 0) is 43.9 Å². The van der Waals surface area contributed by atoms with E-state index in [2.05, 4.69) is 58.7 Å². The lowest BCUT2D eigenvalue weighted by molar-refractivity contribution is 0.414. The van der Waals surface area contributed by atoms with E-state index < -0.39 is 0 Å². The first-order valence-corrected chi connectivity index (χ1v) is 9.20. The van der Waals surface area contributed by atoms with Gasteiger partial charge in [-0.2, -0.15) is 0 Å². The highest BCUT2D eigenvalue weighted by molar-refractivity contribution is 5.79. The van der Waals surface area contributed by atoms with E-state index in [0.29, 0.717) is 12.5 Å². The van der Waals surface area contributed by atoms with Gasteiger partial charge < -0.3 is 19.9 Å². The molecular weight excluding hydrogens is 328 g/mol. The number of hydrogen-bond donors (Lipinski definition) is 2. The summed E-state index contributed by atoms with van der Waals surface area (Å²) in [5, 5.41) is 14.7. The number of aryl methyl sites for hydroxylation is 1. The molecule has 0 aliphatic heterocycles. The maximum Gasteiger partial charge on any atom is 0.191 e. The summed E-state index contributed by atoms with van der Waals surface area (Å²) in [7, 11) is 1.69. The van der Waals surface area contributed by atoms with Crippen LogP contribution in [0.5, 0.6) is 5.75 Å². The summed E-state index contributed by atoms with van der Waals surface area (Å²) in [6, 6.07) is 8.27. The molecule has 0 saturated carbocycles. The van der Waals surface area contributed by atoms with E-state index in [0.717, 1.165) is 43.6 Å². The largest absolute Gasteiger partial charge is 0.497 e. The highest BCUT2D eigenvalue weighted by atomic mass is 16.5. The molecule has 0 spiro atoms. The standard InChI is InChI=1S/C19H30N6O/c1-5-20-19(22-13-18-24-23-14-25(18)6-2)21-12-11-15(3)16-7-9-17(26-4)10-8-16/h7-10,14-15H,5-6,11-13H2,1-4H3,(H2,20,21,22). The minimum absolute atomic E-state index is 0.458. The molecule has 7 heteroatoms. The number of nitrogens with zero attached hydrogens (tertiary/aromatic N) is 4. The van der Waals surface area contributed by atoms with Gasteiger partial charge in [0.25, 0.3) is 0 Å². The molecule has 1 aromatic carbocycles. The second-order valence-electron chi connectivity index (χ2n) is 6.12. The molecule has 0 fully saturated rings. The molecule has 1 atom stereocenters. The van der Waals surface area contributed by atoms with Crippen molar-refractivity contribution in [2.75, 3.05) is 20.2 Å². The molecular formula is C19H30N6O. The lowest BCUT2D eigenvalue weighted by atomic mass is 9.98. The number of benzene rings is 1. The lowest BCUT2D eigenvalue weighted by Gasteiger charge is -2.15. The molecule has 7 nitrogen and oxygen atoms in total. The zero-order chi connectivity index (χ0) is 18.8. The molecule has 2 aromatic rings.